The van der Waals surface area contributed by atoms with Crippen molar-refractivity contribution in [1.29, 1.82) is 0 Å². The largest absolute Gasteiger partial charge is 0.486 e. The van der Waals surface area contributed by atoms with Crippen molar-refractivity contribution in [2.45, 2.75) is 36.8 Å². The molecule has 1 aliphatic heterocycles. The van der Waals surface area contributed by atoms with Gasteiger partial charge in [-0.1, -0.05) is 12.1 Å². The van der Waals surface area contributed by atoms with Crippen molar-refractivity contribution in [3.8, 4) is 5.75 Å². The first kappa shape index (κ1) is 18.9. The van der Waals surface area contributed by atoms with E-state index in [-0.39, 0.29) is 17.5 Å². The van der Waals surface area contributed by atoms with Crippen molar-refractivity contribution in [2.75, 3.05) is 20.6 Å². The smallest absolute Gasteiger partial charge is 0.244 e. The summed E-state index contributed by atoms with van der Waals surface area (Å²) in [5.74, 6) is 0.466. The van der Waals surface area contributed by atoms with Crippen molar-refractivity contribution < 1.29 is 13.2 Å². The fraction of sp³-hybridized carbons (Fsp3) is 0.500. The molecule has 2 aromatic rings. The number of hydrogen-bond donors (Lipinski definition) is 1. The molecule has 0 radical (unpaired) electrons. The standard InChI is InChI=1S/C18H26N4O3S/c1-18(2)9-13-7-6-8-16(17(13)25-18)26(23,24)20-11-15(21(3)4)14-10-19-22(5)12-14/h6-8,10,12,15,20H,9,11H2,1-5H3. The number of fused-ring (bicyclic) bond motifs is 1. The zero-order valence-corrected chi connectivity index (χ0v) is 16.7. The van der Waals surface area contributed by atoms with Crippen LogP contribution in [0.3, 0.4) is 0 Å². The molecule has 8 heteroatoms. The number of nitrogens with one attached hydrogen (secondary N) is 1. The fourth-order valence-electron chi connectivity index (χ4n) is 3.28. The van der Waals surface area contributed by atoms with Gasteiger partial charge in [0, 0.05) is 31.8 Å². The van der Waals surface area contributed by atoms with Crippen LogP contribution in [0.4, 0.5) is 0 Å². The Morgan fingerprint density at radius 1 is 1.38 bits per heavy atom. The molecule has 0 amide bonds. The van der Waals surface area contributed by atoms with Gasteiger partial charge in [-0.3, -0.25) is 4.68 Å². The molecule has 142 valence electrons. The third-order valence-electron chi connectivity index (χ3n) is 4.54. The predicted octanol–water partition coefficient (Wildman–Crippen LogP) is 1.71. The lowest BCUT2D eigenvalue weighted by atomic mass is 10.0. The van der Waals surface area contributed by atoms with Crippen molar-refractivity contribution in [3.63, 3.8) is 0 Å². The van der Waals surface area contributed by atoms with E-state index in [0.717, 1.165) is 11.1 Å². The molecule has 0 spiro atoms. The number of ether oxygens (including phenoxy) is 1. The molecule has 26 heavy (non-hydrogen) atoms. The number of sulfonamides is 1. The Kier molecular flexibility index (Phi) is 4.85. The molecule has 0 saturated heterocycles. The van der Waals surface area contributed by atoms with E-state index in [1.807, 2.05) is 52.2 Å². The molecule has 1 N–H and O–H groups in total. The van der Waals surface area contributed by atoms with Gasteiger partial charge in [-0.15, -0.1) is 0 Å². The van der Waals surface area contributed by atoms with Gasteiger partial charge in [0.25, 0.3) is 0 Å². The number of rotatable bonds is 6. The molecule has 1 aliphatic rings. The molecule has 7 nitrogen and oxygen atoms in total. The molecular formula is C18H26N4O3S. The average Bonchev–Trinajstić information content (AvgIpc) is 3.07. The van der Waals surface area contributed by atoms with Crippen LogP contribution >= 0.6 is 0 Å². The Hall–Kier alpha value is -1.90. The first-order chi connectivity index (χ1) is 12.1. The van der Waals surface area contributed by atoms with Crippen molar-refractivity contribution >= 4 is 10.0 Å². The Balaban J connectivity index is 1.83. The van der Waals surface area contributed by atoms with Crippen molar-refractivity contribution in [2.24, 2.45) is 7.05 Å². The maximum atomic E-state index is 12.9. The second kappa shape index (κ2) is 6.68. The summed E-state index contributed by atoms with van der Waals surface area (Å²) in [6, 6.07) is 5.16. The molecule has 1 unspecified atom stereocenters. The van der Waals surface area contributed by atoms with E-state index >= 15 is 0 Å². The molecule has 0 saturated carbocycles. The fourth-order valence-corrected chi connectivity index (χ4v) is 4.48. The summed E-state index contributed by atoms with van der Waals surface area (Å²) < 4.78 is 36.2. The van der Waals surface area contributed by atoms with E-state index in [2.05, 4.69) is 9.82 Å². The highest BCUT2D eigenvalue weighted by Crippen LogP contribution is 2.39. The minimum atomic E-state index is -3.69. The van der Waals surface area contributed by atoms with Crippen molar-refractivity contribution in [3.05, 3.63) is 41.7 Å². The van der Waals surface area contributed by atoms with Crippen LogP contribution in [0.1, 0.15) is 31.0 Å². The summed E-state index contributed by atoms with van der Waals surface area (Å²) in [6.07, 6.45) is 4.34. The molecular weight excluding hydrogens is 352 g/mol. The molecule has 2 heterocycles. The second-order valence-electron chi connectivity index (χ2n) is 7.56. The van der Waals surface area contributed by atoms with E-state index in [4.69, 9.17) is 4.74 Å². The normalized spacial score (nSPS) is 17.2. The van der Waals surface area contributed by atoms with Gasteiger partial charge in [-0.05, 0) is 39.6 Å². The van der Waals surface area contributed by atoms with E-state index in [0.29, 0.717) is 12.2 Å². The second-order valence-corrected chi connectivity index (χ2v) is 9.30. The van der Waals surface area contributed by atoms with Gasteiger partial charge < -0.3 is 9.64 Å². The van der Waals surface area contributed by atoms with Crippen LogP contribution in [-0.4, -0.2) is 49.3 Å². The molecule has 0 aliphatic carbocycles. The number of nitrogens with zero attached hydrogens (tertiary/aromatic N) is 3. The van der Waals surface area contributed by atoms with Gasteiger partial charge in [0.2, 0.25) is 10.0 Å². The van der Waals surface area contributed by atoms with Crippen LogP contribution in [0.25, 0.3) is 0 Å². The maximum absolute atomic E-state index is 12.9. The van der Waals surface area contributed by atoms with Gasteiger partial charge in [0.15, 0.2) is 0 Å². The quantitative estimate of drug-likeness (QED) is 0.828. The number of benzene rings is 1. The number of aryl methyl sites for hydroxylation is 1. The van der Waals surface area contributed by atoms with Gasteiger partial charge in [0.05, 0.1) is 12.2 Å². The third kappa shape index (κ3) is 3.77. The zero-order valence-electron chi connectivity index (χ0n) is 15.9. The SMILES string of the molecule is CN(C)C(CNS(=O)(=O)c1cccc2c1OC(C)(C)C2)c1cnn(C)c1. The maximum Gasteiger partial charge on any atom is 0.244 e. The van der Waals surface area contributed by atoms with Crippen LogP contribution < -0.4 is 9.46 Å². The van der Waals surface area contributed by atoms with Crippen LogP contribution in [-0.2, 0) is 23.5 Å². The molecule has 0 bridgehead atoms. The van der Waals surface area contributed by atoms with Crippen LogP contribution in [0.5, 0.6) is 5.75 Å². The Morgan fingerprint density at radius 2 is 2.12 bits per heavy atom. The minimum Gasteiger partial charge on any atom is -0.486 e. The summed E-state index contributed by atoms with van der Waals surface area (Å²) in [5.41, 5.74) is 1.49. The topological polar surface area (TPSA) is 76.5 Å². The lowest BCUT2D eigenvalue weighted by Gasteiger charge is -2.24. The molecule has 1 aromatic carbocycles. The predicted molar refractivity (Wildman–Crippen MR) is 99.7 cm³/mol. The summed E-state index contributed by atoms with van der Waals surface area (Å²) in [5, 5.41) is 4.18. The Bertz CT molecular complexity index is 903. The number of hydrogen-bond acceptors (Lipinski definition) is 5. The van der Waals surface area contributed by atoms with E-state index < -0.39 is 15.6 Å². The minimum absolute atomic E-state index is 0.118. The average molecular weight is 378 g/mol. The van der Waals surface area contributed by atoms with Gasteiger partial charge >= 0.3 is 0 Å². The summed E-state index contributed by atoms with van der Waals surface area (Å²) in [4.78, 5) is 2.17. The lowest BCUT2D eigenvalue weighted by Crippen LogP contribution is -2.34. The van der Waals surface area contributed by atoms with Gasteiger partial charge in [0.1, 0.15) is 16.2 Å². The molecule has 1 aromatic heterocycles. The summed E-state index contributed by atoms with van der Waals surface area (Å²) in [6.45, 7) is 4.16. The number of para-hydroxylation sites is 1. The molecule has 1 atom stereocenters. The van der Waals surface area contributed by atoms with E-state index in [1.165, 1.54) is 0 Å². The highest BCUT2D eigenvalue weighted by Gasteiger charge is 2.35. The number of likely N-dealkylation sites (N-methyl/N-ethyl adjacent to an activating group) is 1. The van der Waals surface area contributed by atoms with Crippen molar-refractivity contribution in [1.82, 2.24) is 19.4 Å². The lowest BCUT2D eigenvalue weighted by molar-refractivity contribution is 0.135. The highest BCUT2D eigenvalue weighted by molar-refractivity contribution is 7.89. The zero-order chi connectivity index (χ0) is 19.1. The van der Waals surface area contributed by atoms with Crippen LogP contribution in [0.2, 0.25) is 0 Å². The molecule has 3 rings (SSSR count). The number of aromatic nitrogens is 2. The summed E-state index contributed by atoms with van der Waals surface area (Å²) >= 11 is 0. The monoisotopic (exact) mass is 378 g/mol. The van der Waals surface area contributed by atoms with Crippen LogP contribution in [0.15, 0.2) is 35.5 Å². The summed E-state index contributed by atoms with van der Waals surface area (Å²) in [7, 11) is 1.97. The van der Waals surface area contributed by atoms with E-state index in [9.17, 15) is 8.42 Å². The third-order valence-corrected chi connectivity index (χ3v) is 5.99. The molecule has 0 fully saturated rings. The first-order valence-corrected chi connectivity index (χ1v) is 10.0. The Morgan fingerprint density at radius 3 is 2.73 bits per heavy atom. The van der Waals surface area contributed by atoms with E-state index in [1.54, 1.807) is 23.0 Å². The van der Waals surface area contributed by atoms with Crippen LogP contribution in [0, 0.1) is 0 Å². The highest BCUT2D eigenvalue weighted by atomic mass is 32.2. The Labute approximate surface area is 155 Å². The van der Waals surface area contributed by atoms with Gasteiger partial charge in [-0.2, -0.15) is 5.10 Å². The first-order valence-electron chi connectivity index (χ1n) is 8.55. The van der Waals surface area contributed by atoms with Gasteiger partial charge in [-0.25, -0.2) is 13.1 Å².